The number of benzene rings is 2. The first-order valence-corrected chi connectivity index (χ1v) is 9.19. The highest BCUT2D eigenvalue weighted by atomic mass is 16.5. The van der Waals surface area contributed by atoms with E-state index in [1.54, 1.807) is 43.4 Å². The van der Waals surface area contributed by atoms with Crippen LogP contribution in [0.3, 0.4) is 0 Å². The van der Waals surface area contributed by atoms with E-state index in [9.17, 15) is 9.59 Å². The lowest BCUT2D eigenvalue weighted by atomic mass is 10.1. The molecule has 1 aliphatic heterocycles. The van der Waals surface area contributed by atoms with Gasteiger partial charge in [-0.05, 0) is 61.7 Å². The molecule has 1 aliphatic rings. The van der Waals surface area contributed by atoms with E-state index >= 15 is 0 Å². The van der Waals surface area contributed by atoms with Crippen LogP contribution in [0, 0.1) is 6.92 Å². The average Bonchev–Trinajstić information content (AvgIpc) is 3.19. The van der Waals surface area contributed by atoms with E-state index in [4.69, 9.17) is 9.47 Å². The minimum absolute atomic E-state index is 0.216. The van der Waals surface area contributed by atoms with Gasteiger partial charge in [-0.1, -0.05) is 6.07 Å². The normalized spacial score (nSPS) is 15.8. The summed E-state index contributed by atoms with van der Waals surface area (Å²) in [7, 11) is 3.15. The van der Waals surface area contributed by atoms with Crippen LogP contribution in [0.2, 0.25) is 0 Å². The lowest BCUT2D eigenvalue weighted by Gasteiger charge is -2.24. The zero-order valence-electron chi connectivity index (χ0n) is 16.3. The molecule has 3 rings (SSSR count). The molecule has 2 N–H and O–H groups in total. The first-order valence-electron chi connectivity index (χ1n) is 9.19. The number of ether oxygens (including phenoxy) is 2. The lowest BCUT2D eigenvalue weighted by molar-refractivity contribution is -0.119. The summed E-state index contributed by atoms with van der Waals surface area (Å²) in [5.74, 6) is 1.08. The summed E-state index contributed by atoms with van der Waals surface area (Å²) < 4.78 is 10.4. The standard InChI is InChI=1S/C21H25N3O4/c1-14-6-11-19(28-3)17(13-14)23-20(25)18-5-4-12-24(18)21(26)22-15-7-9-16(27-2)10-8-15/h6-11,13,18H,4-5,12H2,1-3H3,(H,22,26)(H,23,25)/t18-/m1/s1. The SMILES string of the molecule is COc1ccc(NC(=O)N2CCC[C@@H]2C(=O)Nc2cc(C)ccc2OC)cc1. The van der Waals surface area contributed by atoms with E-state index in [1.807, 2.05) is 25.1 Å². The third-order valence-electron chi connectivity index (χ3n) is 4.77. The summed E-state index contributed by atoms with van der Waals surface area (Å²) in [6, 6.07) is 11.8. The topological polar surface area (TPSA) is 79.9 Å². The summed E-state index contributed by atoms with van der Waals surface area (Å²) in [4.78, 5) is 27.1. The molecule has 0 spiro atoms. The van der Waals surface area contributed by atoms with Gasteiger partial charge in [0.2, 0.25) is 5.91 Å². The summed E-state index contributed by atoms with van der Waals surface area (Å²) >= 11 is 0. The largest absolute Gasteiger partial charge is 0.497 e. The number of hydrogen-bond donors (Lipinski definition) is 2. The van der Waals surface area contributed by atoms with Crippen LogP contribution >= 0.6 is 0 Å². The fourth-order valence-electron chi connectivity index (χ4n) is 3.29. The first kappa shape index (κ1) is 19.5. The zero-order chi connectivity index (χ0) is 20.1. The molecule has 0 saturated carbocycles. The van der Waals surface area contributed by atoms with Gasteiger partial charge in [0.15, 0.2) is 0 Å². The highest BCUT2D eigenvalue weighted by Gasteiger charge is 2.34. The van der Waals surface area contributed by atoms with Crippen molar-refractivity contribution in [2.24, 2.45) is 0 Å². The molecule has 7 nitrogen and oxygen atoms in total. The van der Waals surface area contributed by atoms with Crippen molar-refractivity contribution in [3.8, 4) is 11.5 Å². The highest BCUT2D eigenvalue weighted by Crippen LogP contribution is 2.27. The van der Waals surface area contributed by atoms with Crippen LogP contribution in [0.15, 0.2) is 42.5 Å². The fourth-order valence-corrected chi connectivity index (χ4v) is 3.29. The van der Waals surface area contributed by atoms with Gasteiger partial charge < -0.3 is 25.0 Å². The number of anilines is 2. The van der Waals surface area contributed by atoms with E-state index < -0.39 is 6.04 Å². The van der Waals surface area contributed by atoms with Gasteiger partial charge >= 0.3 is 6.03 Å². The van der Waals surface area contributed by atoms with Gasteiger partial charge in [-0.2, -0.15) is 0 Å². The maximum Gasteiger partial charge on any atom is 0.322 e. The Morgan fingerprint density at radius 3 is 2.46 bits per heavy atom. The molecule has 1 fully saturated rings. The third kappa shape index (κ3) is 4.36. The molecule has 2 aromatic carbocycles. The van der Waals surface area contributed by atoms with Crippen molar-refractivity contribution in [3.05, 3.63) is 48.0 Å². The number of amides is 3. The van der Waals surface area contributed by atoms with Gasteiger partial charge in [0.05, 0.1) is 19.9 Å². The Kier molecular flexibility index (Phi) is 6.03. The van der Waals surface area contributed by atoms with Gasteiger partial charge in [0, 0.05) is 12.2 Å². The Balaban J connectivity index is 1.68. The second-order valence-electron chi connectivity index (χ2n) is 6.70. The van der Waals surface area contributed by atoms with E-state index in [1.165, 1.54) is 0 Å². The maximum absolute atomic E-state index is 12.8. The monoisotopic (exact) mass is 383 g/mol. The Morgan fingerprint density at radius 2 is 1.79 bits per heavy atom. The van der Waals surface area contributed by atoms with E-state index in [2.05, 4.69) is 10.6 Å². The maximum atomic E-state index is 12.8. The van der Waals surface area contributed by atoms with Crippen molar-refractivity contribution < 1.29 is 19.1 Å². The molecular weight excluding hydrogens is 358 g/mol. The highest BCUT2D eigenvalue weighted by molar-refractivity contribution is 6.00. The Bertz CT molecular complexity index is 851. The van der Waals surface area contributed by atoms with Crippen LogP contribution in [-0.4, -0.2) is 43.6 Å². The molecule has 3 amide bonds. The van der Waals surface area contributed by atoms with E-state index in [0.29, 0.717) is 35.8 Å². The van der Waals surface area contributed by atoms with Crippen molar-refractivity contribution in [2.45, 2.75) is 25.8 Å². The molecule has 0 radical (unpaired) electrons. The smallest absolute Gasteiger partial charge is 0.322 e. The predicted octanol–water partition coefficient (Wildman–Crippen LogP) is 3.65. The lowest BCUT2D eigenvalue weighted by Crippen LogP contribution is -2.45. The molecule has 0 aliphatic carbocycles. The number of urea groups is 1. The second-order valence-corrected chi connectivity index (χ2v) is 6.70. The minimum Gasteiger partial charge on any atom is -0.497 e. The van der Waals surface area contributed by atoms with E-state index in [0.717, 1.165) is 12.0 Å². The minimum atomic E-state index is -0.525. The van der Waals surface area contributed by atoms with Crippen molar-refractivity contribution in [3.63, 3.8) is 0 Å². The van der Waals surface area contributed by atoms with Crippen LogP contribution in [0.25, 0.3) is 0 Å². The van der Waals surface area contributed by atoms with Crippen molar-refractivity contribution >= 4 is 23.3 Å². The summed E-state index contributed by atoms with van der Waals surface area (Å²) in [5.41, 5.74) is 2.27. The van der Waals surface area contributed by atoms with Gasteiger partial charge in [-0.3, -0.25) is 4.79 Å². The molecule has 0 aromatic heterocycles. The molecule has 2 aromatic rings. The van der Waals surface area contributed by atoms with Gasteiger partial charge in [0.25, 0.3) is 0 Å². The second kappa shape index (κ2) is 8.65. The fraction of sp³-hybridized carbons (Fsp3) is 0.333. The van der Waals surface area contributed by atoms with Gasteiger partial charge in [-0.15, -0.1) is 0 Å². The molecule has 7 heteroatoms. The van der Waals surface area contributed by atoms with Crippen molar-refractivity contribution in [1.82, 2.24) is 4.90 Å². The number of hydrogen-bond acceptors (Lipinski definition) is 4. The Hall–Kier alpha value is -3.22. The quantitative estimate of drug-likeness (QED) is 0.826. The number of nitrogens with one attached hydrogen (secondary N) is 2. The van der Waals surface area contributed by atoms with Gasteiger partial charge in [0.1, 0.15) is 17.5 Å². The molecule has 1 heterocycles. The summed E-state index contributed by atoms with van der Waals surface area (Å²) in [6.45, 7) is 2.48. The van der Waals surface area contributed by atoms with Crippen LogP contribution in [0.4, 0.5) is 16.2 Å². The molecule has 1 atom stereocenters. The summed E-state index contributed by atoms with van der Waals surface area (Å²) in [6.07, 6.45) is 1.40. The van der Waals surface area contributed by atoms with Gasteiger partial charge in [-0.25, -0.2) is 4.79 Å². The van der Waals surface area contributed by atoms with Crippen molar-refractivity contribution in [1.29, 1.82) is 0 Å². The third-order valence-corrected chi connectivity index (χ3v) is 4.77. The van der Waals surface area contributed by atoms with Crippen LogP contribution in [0.1, 0.15) is 18.4 Å². The van der Waals surface area contributed by atoms with Crippen LogP contribution < -0.4 is 20.1 Å². The molecule has 0 bridgehead atoms. The predicted molar refractivity (Wildman–Crippen MR) is 108 cm³/mol. The number of nitrogens with zero attached hydrogens (tertiary/aromatic N) is 1. The molecular formula is C21H25N3O4. The number of likely N-dealkylation sites (tertiary alicyclic amines) is 1. The first-order chi connectivity index (χ1) is 13.5. The Labute approximate surface area is 164 Å². The molecule has 28 heavy (non-hydrogen) atoms. The number of methoxy groups -OCH3 is 2. The Morgan fingerprint density at radius 1 is 1.04 bits per heavy atom. The number of rotatable bonds is 5. The zero-order valence-corrected chi connectivity index (χ0v) is 16.3. The van der Waals surface area contributed by atoms with Crippen LogP contribution in [0.5, 0.6) is 11.5 Å². The summed E-state index contributed by atoms with van der Waals surface area (Å²) in [5, 5.41) is 5.75. The van der Waals surface area contributed by atoms with E-state index in [-0.39, 0.29) is 11.9 Å². The number of aryl methyl sites for hydroxylation is 1. The van der Waals surface area contributed by atoms with Crippen molar-refractivity contribution in [2.75, 3.05) is 31.4 Å². The molecule has 1 saturated heterocycles. The molecule has 148 valence electrons. The molecule has 0 unspecified atom stereocenters. The number of carbonyl (C=O) groups excluding carboxylic acids is 2. The number of carbonyl (C=O) groups is 2. The van der Waals surface area contributed by atoms with Crippen LogP contribution in [-0.2, 0) is 4.79 Å². The average molecular weight is 383 g/mol.